The van der Waals surface area contributed by atoms with Crippen molar-refractivity contribution in [2.24, 2.45) is 0 Å². The largest absolute Gasteiger partial charge is 0.495 e. The van der Waals surface area contributed by atoms with Crippen LogP contribution < -0.4 is 19.3 Å². The summed E-state index contributed by atoms with van der Waals surface area (Å²) >= 11 is 0. The standard InChI is InChI=1S/C40H35FN2O4/c1-40(2)33-9-5-4-7-29(33)36-31-23-34(35(45-3)24-32(31)38-30(37(36)40)8-6-22-46-38)43-20-18-42(19-21-43)27-14-16-28(17-15-27)47-39(44)25-10-12-26(41)13-11-25/h4-17,22-24,38H,18-21H2,1-3H3. The molecule has 0 N–H and O–H groups in total. The van der Waals surface area contributed by atoms with Gasteiger partial charge in [-0.1, -0.05) is 44.2 Å². The zero-order valence-corrected chi connectivity index (χ0v) is 26.6. The summed E-state index contributed by atoms with van der Waals surface area (Å²) in [5.74, 6) is 0.378. The van der Waals surface area contributed by atoms with E-state index < -0.39 is 11.8 Å². The van der Waals surface area contributed by atoms with Crippen LogP contribution in [-0.4, -0.2) is 39.3 Å². The molecule has 2 heterocycles. The maximum absolute atomic E-state index is 13.2. The first-order chi connectivity index (χ1) is 22.8. The molecule has 6 nitrogen and oxygen atoms in total. The number of anilines is 2. The van der Waals surface area contributed by atoms with Gasteiger partial charge in [0.15, 0.2) is 0 Å². The van der Waals surface area contributed by atoms with Crippen LogP contribution in [0.2, 0.25) is 0 Å². The second-order valence-electron chi connectivity index (χ2n) is 12.9. The molecule has 1 atom stereocenters. The molecule has 1 saturated heterocycles. The molecule has 0 radical (unpaired) electrons. The smallest absolute Gasteiger partial charge is 0.343 e. The fraction of sp³-hybridized carbons (Fsp3) is 0.225. The van der Waals surface area contributed by atoms with E-state index >= 15 is 0 Å². The highest BCUT2D eigenvalue weighted by Gasteiger charge is 2.46. The van der Waals surface area contributed by atoms with Crippen LogP contribution in [0.1, 0.15) is 52.6 Å². The molecule has 2 aliphatic heterocycles. The molecule has 1 fully saturated rings. The van der Waals surface area contributed by atoms with E-state index in [1.807, 2.05) is 18.2 Å². The fourth-order valence-corrected chi connectivity index (χ4v) is 7.61. The lowest BCUT2D eigenvalue weighted by molar-refractivity contribution is 0.0734. The number of esters is 1. The van der Waals surface area contributed by atoms with Gasteiger partial charge in [0.25, 0.3) is 0 Å². The molecule has 0 saturated carbocycles. The summed E-state index contributed by atoms with van der Waals surface area (Å²) in [5.41, 5.74) is 11.1. The molecule has 47 heavy (non-hydrogen) atoms. The van der Waals surface area contributed by atoms with Gasteiger partial charge in [-0.15, -0.1) is 0 Å². The van der Waals surface area contributed by atoms with Crippen LogP contribution in [0.5, 0.6) is 11.5 Å². The van der Waals surface area contributed by atoms with Gasteiger partial charge in [-0.25, -0.2) is 9.18 Å². The summed E-state index contributed by atoms with van der Waals surface area (Å²) in [5, 5.41) is 0. The Hall–Kier alpha value is -5.30. The van der Waals surface area contributed by atoms with Crippen molar-refractivity contribution in [3.63, 3.8) is 0 Å². The number of hydrogen-bond donors (Lipinski definition) is 0. The lowest BCUT2D eigenvalue weighted by Crippen LogP contribution is -2.46. The van der Waals surface area contributed by atoms with Gasteiger partial charge in [0.05, 0.1) is 24.6 Å². The lowest BCUT2D eigenvalue weighted by atomic mass is 9.72. The van der Waals surface area contributed by atoms with E-state index in [9.17, 15) is 9.18 Å². The minimum Gasteiger partial charge on any atom is -0.495 e. The van der Waals surface area contributed by atoms with Crippen LogP contribution in [0.15, 0.2) is 114 Å². The van der Waals surface area contributed by atoms with E-state index in [4.69, 9.17) is 14.2 Å². The van der Waals surface area contributed by atoms with Crippen molar-refractivity contribution < 1.29 is 23.4 Å². The predicted molar refractivity (Wildman–Crippen MR) is 182 cm³/mol. The molecule has 0 aromatic heterocycles. The molecule has 0 bridgehead atoms. The number of halogens is 1. The number of rotatable bonds is 5. The first kappa shape index (κ1) is 29.1. The van der Waals surface area contributed by atoms with Crippen LogP contribution >= 0.6 is 0 Å². The lowest BCUT2D eigenvalue weighted by Gasteiger charge is -2.39. The summed E-state index contributed by atoms with van der Waals surface area (Å²) in [4.78, 5) is 17.2. The van der Waals surface area contributed by atoms with Gasteiger partial charge in [-0.3, -0.25) is 0 Å². The van der Waals surface area contributed by atoms with Crippen molar-refractivity contribution in [1.82, 2.24) is 0 Å². The zero-order valence-electron chi connectivity index (χ0n) is 26.6. The van der Waals surface area contributed by atoms with Gasteiger partial charge in [-0.2, -0.15) is 0 Å². The third kappa shape index (κ3) is 4.80. The Labute approximate surface area is 274 Å². The number of piperazine rings is 1. The van der Waals surface area contributed by atoms with Gasteiger partial charge in [0.1, 0.15) is 23.4 Å². The minimum atomic E-state index is -0.517. The summed E-state index contributed by atoms with van der Waals surface area (Å²) in [6.07, 6.45) is 5.82. The number of nitrogens with zero attached hydrogens (tertiary/aromatic N) is 2. The van der Waals surface area contributed by atoms with Crippen molar-refractivity contribution in [3.8, 4) is 11.5 Å². The van der Waals surface area contributed by atoms with Crippen LogP contribution in [0.4, 0.5) is 15.8 Å². The van der Waals surface area contributed by atoms with Gasteiger partial charge in [-0.05, 0) is 94.6 Å². The number of carbonyl (C=O) groups excluding carboxylic acids is 1. The number of ether oxygens (including phenoxy) is 3. The number of fused-ring (bicyclic) bond motifs is 7. The van der Waals surface area contributed by atoms with E-state index in [-0.39, 0.29) is 11.5 Å². The highest BCUT2D eigenvalue weighted by atomic mass is 19.1. The molecule has 4 aromatic carbocycles. The third-order valence-corrected chi connectivity index (χ3v) is 9.90. The molecular formula is C40H35FN2O4. The normalized spacial score (nSPS) is 18.8. The van der Waals surface area contributed by atoms with Gasteiger partial charge < -0.3 is 24.0 Å². The zero-order chi connectivity index (χ0) is 32.3. The summed E-state index contributed by atoms with van der Waals surface area (Å²) < 4.78 is 31.1. The molecule has 4 aromatic rings. The molecular weight excluding hydrogens is 591 g/mol. The Kier molecular flexibility index (Phi) is 6.94. The van der Waals surface area contributed by atoms with E-state index in [2.05, 4.69) is 66.1 Å². The van der Waals surface area contributed by atoms with E-state index in [1.54, 1.807) is 25.5 Å². The minimum absolute atomic E-state index is 0.150. The molecule has 7 heteroatoms. The quantitative estimate of drug-likeness (QED) is 0.165. The molecule has 1 unspecified atom stereocenters. The summed E-state index contributed by atoms with van der Waals surface area (Å²) in [6, 6.07) is 26.1. The average molecular weight is 627 g/mol. The molecule has 4 aliphatic rings. The summed E-state index contributed by atoms with van der Waals surface area (Å²) in [6.45, 7) is 7.92. The Bertz CT molecular complexity index is 1980. The van der Waals surface area contributed by atoms with E-state index in [0.29, 0.717) is 11.3 Å². The highest BCUT2D eigenvalue weighted by Crippen LogP contribution is 2.59. The summed E-state index contributed by atoms with van der Waals surface area (Å²) in [7, 11) is 1.74. The molecule has 0 spiro atoms. The number of carbonyl (C=O) groups is 1. The van der Waals surface area contributed by atoms with Crippen LogP contribution in [0, 0.1) is 5.82 Å². The second kappa shape index (κ2) is 11.2. The van der Waals surface area contributed by atoms with E-state index in [0.717, 1.165) is 48.9 Å². The SMILES string of the molecule is COc1cc2c(cc1N1CCN(c3ccc(OC(=O)c4ccc(F)cc4)cc3)CC1)C1=C(C3=CC=COC32)C(C)(C)c2ccccc21. The number of allylic oxidation sites excluding steroid dienone is 2. The predicted octanol–water partition coefficient (Wildman–Crippen LogP) is 8.00. The van der Waals surface area contributed by atoms with Gasteiger partial charge in [0.2, 0.25) is 0 Å². The first-order valence-electron chi connectivity index (χ1n) is 16.0. The Morgan fingerprint density at radius 2 is 1.62 bits per heavy atom. The van der Waals surface area contributed by atoms with Gasteiger partial charge in [0, 0.05) is 48.4 Å². The van der Waals surface area contributed by atoms with Crippen molar-refractivity contribution in [2.45, 2.75) is 25.4 Å². The van der Waals surface area contributed by atoms with Crippen LogP contribution in [-0.2, 0) is 10.2 Å². The molecule has 236 valence electrons. The maximum atomic E-state index is 13.2. The van der Waals surface area contributed by atoms with Gasteiger partial charge >= 0.3 is 5.97 Å². The highest BCUT2D eigenvalue weighted by molar-refractivity contribution is 5.97. The number of benzene rings is 4. The maximum Gasteiger partial charge on any atom is 0.343 e. The molecule has 0 amide bonds. The molecule has 2 aliphatic carbocycles. The fourth-order valence-electron chi connectivity index (χ4n) is 7.61. The Morgan fingerprint density at radius 3 is 2.36 bits per heavy atom. The van der Waals surface area contributed by atoms with Crippen molar-refractivity contribution in [1.29, 1.82) is 0 Å². The van der Waals surface area contributed by atoms with Crippen LogP contribution in [0.25, 0.3) is 5.57 Å². The van der Waals surface area contributed by atoms with E-state index in [1.165, 1.54) is 57.7 Å². The molecule has 8 rings (SSSR count). The number of hydrogen-bond acceptors (Lipinski definition) is 6. The van der Waals surface area contributed by atoms with Crippen LogP contribution in [0.3, 0.4) is 0 Å². The van der Waals surface area contributed by atoms with Crippen molar-refractivity contribution in [3.05, 3.63) is 148 Å². The first-order valence-corrected chi connectivity index (χ1v) is 16.0. The third-order valence-electron chi connectivity index (χ3n) is 9.90. The van der Waals surface area contributed by atoms with Crippen molar-refractivity contribution >= 4 is 22.9 Å². The Balaban J connectivity index is 1.05. The Morgan fingerprint density at radius 1 is 0.894 bits per heavy atom. The van der Waals surface area contributed by atoms with Crippen molar-refractivity contribution in [2.75, 3.05) is 43.1 Å². The topological polar surface area (TPSA) is 51.2 Å². The average Bonchev–Trinajstić information content (AvgIpc) is 3.35. The second-order valence-corrected chi connectivity index (χ2v) is 12.9. The monoisotopic (exact) mass is 626 g/mol. The number of methoxy groups -OCH3 is 1.